The van der Waals surface area contributed by atoms with Crippen molar-refractivity contribution in [2.24, 2.45) is 4.99 Å². The van der Waals surface area contributed by atoms with Gasteiger partial charge in [-0.1, -0.05) is 47.1 Å². The Labute approximate surface area is 174 Å². The number of thioether (sulfide) groups is 1. The summed E-state index contributed by atoms with van der Waals surface area (Å²) in [4.78, 5) is 31.1. The molecular formula is C21H22ClN3O2S. The number of aryl methyl sites for hydroxylation is 3. The molecule has 1 saturated heterocycles. The predicted octanol–water partition coefficient (Wildman–Crippen LogP) is 4.86. The lowest BCUT2D eigenvalue weighted by molar-refractivity contribution is -0.127. The van der Waals surface area contributed by atoms with Crippen molar-refractivity contribution in [3.8, 4) is 0 Å². The van der Waals surface area contributed by atoms with E-state index in [1.165, 1.54) is 16.7 Å². The molecule has 0 saturated carbocycles. The summed E-state index contributed by atoms with van der Waals surface area (Å²) in [7, 11) is 1.68. The predicted molar refractivity (Wildman–Crippen MR) is 117 cm³/mol. The summed E-state index contributed by atoms with van der Waals surface area (Å²) >= 11 is 7.36. The Morgan fingerprint density at radius 2 is 1.93 bits per heavy atom. The molecule has 146 valence electrons. The van der Waals surface area contributed by atoms with Gasteiger partial charge in [-0.05, 0) is 50.1 Å². The third-order valence-corrected chi connectivity index (χ3v) is 6.02. The van der Waals surface area contributed by atoms with Crippen LogP contribution in [0.2, 0.25) is 5.02 Å². The molecule has 1 N–H and O–H groups in total. The topological polar surface area (TPSA) is 61.8 Å². The van der Waals surface area contributed by atoms with E-state index in [-0.39, 0.29) is 18.2 Å². The molecule has 0 spiro atoms. The average molecular weight is 416 g/mol. The molecule has 2 aromatic rings. The van der Waals surface area contributed by atoms with Crippen molar-refractivity contribution in [1.82, 2.24) is 4.90 Å². The number of nitrogens with one attached hydrogen (secondary N) is 1. The standard InChI is InChI=1S/C21H22ClN3O2S/c1-12-5-8-16(14(3)9-12)23-19(26)11-18-20(27)25(4)21(28-18)24-17-10-15(22)7-6-13(17)2/h5-10,18H,11H2,1-4H3,(H,23,26)/t18-/m1/s1. The molecule has 1 atom stereocenters. The number of hydrogen-bond acceptors (Lipinski definition) is 4. The Bertz CT molecular complexity index is 974. The lowest BCUT2D eigenvalue weighted by atomic mass is 10.1. The molecule has 7 heteroatoms. The van der Waals surface area contributed by atoms with Gasteiger partial charge in [-0.25, -0.2) is 4.99 Å². The highest BCUT2D eigenvalue weighted by Gasteiger charge is 2.37. The largest absolute Gasteiger partial charge is 0.326 e. The third-order valence-electron chi connectivity index (χ3n) is 4.55. The van der Waals surface area contributed by atoms with Crippen LogP contribution >= 0.6 is 23.4 Å². The molecule has 28 heavy (non-hydrogen) atoms. The van der Waals surface area contributed by atoms with Gasteiger partial charge in [0.2, 0.25) is 11.8 Å². The molecule has 2 amide bonds. The zero-order chi connectivity index (χ0) is 20.4. The van der Waals surface area contributed by atoms with Gasteiger partial charge in [0.15, 0.2) is 5.17 Å². The lowest BCUT2D eigenvalue weighted by Crippen LogP contribution is -2.30. The second kappa shape index (κ2) is 8.37. The van der Waals surface area contributed by atoms with E-state index in [4.69, 9.17) is 11.6 Å². The Hall–Kier alpha value is -2.31. The van der Waals surface area contributed by atoms with Gasteiger partial charge in [0.05, 0.1) is 5.69 Å². The molecule has 0 unspecified atom stereocenters. The number of nitrogens with zero attached hydrogens (tertiary/aromatic N) is 2. The van der Waals surface area contributed by atoms with Crippen LogP contribution in [0.3, 0.4) is 0 Å². The van der Waals surface area contributed by atoms with Crippen LogP contribution < -0.4 is 5.32 Å². The second-order valence-corrected chi connectivity index (χ2v) is 8.51. The number of rotatable bonds is 4. The molecule has 0 aromatic heterocycles. The van der Waals surface area contributed by atoms with Crippen molar-refractivity contribution < 1.29 is 9.59 Å². The van der Waals surface area contributed by atoms with Gasteiger partial charge in [-0.3, -0.25) is 14.5 Å². The molecular weight excluding hydrogens is 394 g/mol. The first-order chi connectivity index (χ1) is 13.2. The number of amides is 2. The highest BCUT2D eigenvalue weighted by molar-refractivity contribution is 8.15. The minimum absolute atomic E-state index is 0.0920. The Morgan fingerprint density at radius 1 is 1.18 bits per heavy atom. The van der Waals surface area contributed by atoms with Gasteiger partial charge >= 0.3 is 0 Å². The van der Waals surface area contributed by atoms with Crippen LogP contribution in [-0.4, -0.2) is 34.2 Å². The summed E-state index contributed by atoms with van der Waals surface area (Å²) in [6.45, 7) is 5.89. The SMILES string of the molecule is Cc1ccc(NC(=O)C[C@H]2SC(=Nc3cc(Cl)ccc3C)N(C)C2=O)c(C)c1. The number of benzene rings is 2. The highest BCUT2D eigenvalue weighted by atomic mass is 35.5. The van der Waals surface area contributed by atoms with E-state index in [0.717, 1.165) is 28.1 Å². The number of halogens is 1. The molecule has 2 aromatic carbocycles. The van der Waals surface area contributed by atoms with Crippen molar-refractivity contribution in [3.63, 3.8) is 0 Å². The maximum absolute atomic E-state index is 12.6. The smallest absolute Gasteiger partial charge is 0.242 e. The van der Waals surface area contributed by atoms with Crippen molar-refractivity contribution in [2.45, 2.75) is 32.4 Å². The zero-order valence-corrected chi connectivity index (χ0v) is 17.8. The van der Waals surface area contributed by atoms with E-state index in [2.05, 4.69) is 10.3 Å². The molecule has 3 rings (SSSR count). The minimum Gasteiger partial charge on any atom is -0.326 e. The first-order valence-electron chi connectivity index (χ1n) is 8.91. The Morgan fingerprint density at radius 3 is 2.64 bits per heavy atom. The first-order valence-corrected chi connectivity index (χ1v) is 10.2. The molecule has 1 heterocycles. The van der Waals surface area contributed by atoms with Crippen LogP contribution in [-0.2, 0) is 9.59 Å². The van der Waals surface area contributed by atoms with Crippen LogP contribution in [0.1, 0.15) is 23.1 Å². The van der Waals surface area contributed by atoms with E-state index in [9.17, 15) is 9.59 Å². The summed E-state index contributed by atoms with van der Waals surface area (Å²) in [5, 5.41) is 3.57. The van der Waals surface area contributed by atoms with Crippen LogP contribution in [0.5, 0.6) is 0 Å². The zero-order valence-electron chi connectivity index (χ0n) is 16.2. The fourth-order valence-corrected chi connectivity index (χ4v) is 4.24. The van der Waals surface area contributed by atoms with E-state index in [1.54, 1.807) is 19.2 Å². The number of anilines is 1. The number of carbonyl (C=O) groups excluding carboxylic acids is 2. The molecule has 0 aliphatic carbocycles. The quantitative estimate of drug-likeness (QED) is 0.775. The molecule has 0 bridgehead atoms. The van der Waals surface area contributed by atoms with Gasteiger partial charge in [0.1, 0.15) is 5.25 Å². The van der Waals surface area contributed by atoms with E-state index in [0.29, 0.717) is 10.2 Å². The van der Waals surface area contributed by atoms with Crippen molar-refractivity contribution in [2.75, 3.05) is 12.4 Å². The minimum atomic E-state index is -0.492. The normalized spacial score (nSPS) is 18.0. The van der Waals surface area contributed by atoms with Crippen molar-refractivity contribution >= 4 is 51.7 Å². The number of aliphatic imine (C=N–C) groups is 1. The van der Waals surface area contributed by atoms with Gasteiger partial charge < -0.3 is 5.32 Å². The van der Waals surface area contributed by atoms with Crippen LogP contribution in [0.4, 0.5) is 11.4 Å². The van der Waals surface area contributed by atoms with Gasteiger partial charge in [0.25, 0.3) is 0 Å². The molecule has 1 aliphatic rings. The maximum atomic E-state index is 12.6. The third kappa shape index (κ3) is 4.56. The average Bonchev–Trinajstić information content (AvgIpc) is 2.88. The Kier molecular flexibility index (Phi) is 6.10. The van der Waals surface area contributed by atoms with Gasteiger partial charge in [-0.2, -0.15) is 0 Å². The summed E-state index contributed by atoms with van der Waals surface area (Å²) in [6, 6.07) is 11.3. The fourth-order valence-electron chi connectivity index (χ4n) is 2.93. The van der Waals surface area contributed by atoms with Crippen molar-refractivity contribution in [3.05, 3.63) is 58.1 Å². The van der Waals surface area contributed by atoms with Crippen LogP contribution in [0.25, 0.3) is 0 Å². The van der Waals surface area contributed by atoms with Crippen LogP contribution in [0, 0.1) is 20.8 Å². The fraction of sp³-hybridized carbons (Fsp3) is 0.286. The number of amidine groups is 1. The molecule has 0 radical (unpaired) electrons. The highest BCUT2D eigenvalue weighted by Crippen LogP contribution is 2.32. The summed E-state index contributed by atoms with van der Waals surface area (Å²) in [5.74, 6) is -0.314. The number of hydrogen-bond donors (Lipinski definition) is 1. The lowest BCUT2D eigenvalue weighted by Gasteiger charge is -2.11. The Balaban J connectivity index is 1.71. The monoisotopic (exact) mass is 415 g/mol. The van der Waals surface area contributed by atoms with Gasteiger partial charge in [0, 0.05) is 24.2 Å². The molecule has 5 nitrogen and oxygen atoms in total. The molecule has 1 aliphatic heterocycles. The van der Waals surface area contributed by atoms with Gasteiger partial charge in [-0.15, -0.1) is 0 Å². The summed E-state index contributed by atoms with van der Waals surface area (Å²) in [6.07, 6.45) is 0.0920. The number of carbonyl (C=O) groups is 2. The maximum Gasteiger partial charge on any atom is 0.242 e. The van der Waals surface area contributed by atoms with E-state index in [1.807, 2.05) is 45.0 Å². The summed E-state index contributed by atoms with van der Waals surface area (Å²) < 4.78 is 0. The van der Waals surface area contributed by atoms with E-state index < -0.39 is 5.25 Å². The van der Waals surface area contributed by atoms with Crippen LogP contribution in [0.15, 0.2) is 41.4 Å². The second-order valence-electron chi connectivity index (χ2n) is 6.90. The van der Waals surface area contributed by atoms with Crippen molar-refractivity contribution in [1.29, 1.82) is 0 Å². The van der Waals surface area contributed by atoms with E-state index >= 15 is 0 Å². The summed E-state index contributed by atoms with van der Waals surface area (Å²) in [5.41, 5.74) is 4.58. The first kappa shape index (κ1) is 20.4. The molecule has 1 fully saturated rings.